The maximum atomic E-state index is 13.8. The second-order valence-corrected chi connectivity index (χ2v) is 9.68. The van der Waals surface area contributed by atoms with E-state index < -0.39 is 70.1 Å². The van der Waals surface area contributed by atoms with Gasteiger partial charge in [-0.3, -0.25) is 0 Å². The SMILES string of the molecule is C[N+](C)(C)CCNS(=O)(=O)C(F)(F)C(F)(F)C(F)(F)C(F)(F)C(F)(F)C(F)(F)C(F)(F)C(F)(F)F.[I-]. The van der Waals surface area contributed by atoms with Gasteiger partial charge < -0.3 is 28.5 Å². The van der Waals surface area contributed by atoms with Crippen LogP contribution in [0.4, 0.5) is 74.6 Å². The van der Waals surface area contributed by atoms with Crippen molar-refractivity contribution in [3.8, 4) is 0 Å². The molecule has 0 heterocycles. The monoisotopic (exact) mass is 712 g/mol. The Labute approximate surface area is 207 Å². The highest BCUT2D eigenvalue weighted by atomic mass is 127. The van der Waals surface area contributed by atoms with Gasteiger partial charge in [0.1, 0.15) is 0 Å². The number of sulfonamides is 1. The molecule has 0 aliphatic heterocycles. The number of alkyl halides is 17. The van der Waals surface area contributed by atoms with Gasteiger partial charge in [-0.1, -0.05) is 0 Å². The second kappa shape index (κ2) is 9.86. The molecule has 0 radical (unpaired) electrons. The molecule has 0 aromatic carbocycles. The van der Waals surface area contributed by atoms with Crippen LogP contribution in [0.2, 0.25) is 0 Å². The number of likely N-dealkylation sites (N-methyl/N-ethyl adjacent to an activating group) is 1. The summed E-state index contributed by atoms with van der Waals surface area (Å²) in [6, 6.07) is 0. The number of hydrogen-bond donors (Lipinski definition) is 1. The van der Waals surface area contributed by atoms with Gasteiger partial charge in [-0.05, 0) is 0 Å². The van der Waals surface area contributed by atoms with E-state index >= 15 is 0 Å². The van der Waals surface area contributed by atoms with Crippen molar-refractivity contribution in [1.29, 1.82) is 0 Å². The summed E-state index contributed by atoms with van der Waals surface area (Å²) in [5.74, 6) is -51.5. The van der Waals surface area contributed by atoms with E-state index in [1.165, 1.54) is 21.1 Å². The Hall–Kier alpha value is -0.590. The molecule has 36 heavy (non-hydrogen) atoms. The fourth-order valence-electron chi connectivity index (χ4n) is 1.92. The molecular formula is C13H14F17IN2O2S. The van der Waals surface area contributed by atoms with Crippen molar-refractivity contribution in [3.05, 3.63) is 0 Å². The van der Waals surface area contributed by atoms with Gasteiger partial charge in [0.2, 0.25) is 0 Å². The predicted molar refractivity (Wildman–Crippen MR) is 80.5 cm³/mol. The third kappa shape index (κ3) is 5.57. The number of rotatable bonds is 11. The van der Waals surface area contributed by atoms with Gasteiger partial charge in [0.15, 0.2) is 0 Å². The molecule has 0 atom stereocenters. The quantitative estimate of drug-likeness (QED) is 0.201. The first-order valence-corrected chi connectivity index (χ1v) is 9.70. The average molecular weight is 712 g/mol. The van der Waals surface area contributed by atoms with E-state index in [9.17, 15) is 83.1 Å². The highest BCUT2D eigenvalue weighted by Gasteiger charge is 2.96. The van der Waals surface area contributed by atoms with Crippen LogP contribution >= 0.6 is 0 Å². The standard InChI is InChI=1S/C13H14F17N2O2S.HI/c1-32(2,3)5-4-31-35(33,34)13(29,30)11(24,25)9(20,21)7(16,17)6(14,15)8(18,19)10(22,23)12(26,27)28;/h31H,4-5H2,1-3H3;1H/q+1;/p-1. The van der Waals surface area contributed by atoms with E-state index in [4.69, 9.17) is 0 Å². The highest BCUT2D eigenvalue weighted by Crippen LogP contribution is 2.64. The topological polar surface area (TPSA) is 46.2 Å². The van der Waals surface area contributed by atoms with Crippen LogP contribution in [0.3, 0.4) is 0 Å². The van der Waals surface area contributed by atoms with E-state index in [1.54, 1.807) is 0 Å². The summed E-state index contributed by atoms with van der Waals surface area (Å²) in [5, 5.41) is -7.53. The minimum atomic E-state index is -8.83. The van der Waals surface area contributed by atoms with Crippen LogP contribution in [0.15, 0.2) is 0 Å². The minimum absolute atomic E-state index is 0. The summed E-state index contributed by atoms with van der Waals surface area (Å²) in [7, 11) is -3.54. The minimum Gasteiger partial charge on any atom is -1.00 e. The van der Waals surface area contributed by atoms with E-state index in [2.05, 4.69) is 0 Å². The first-order chi connectivity index (χ1) is 14.7. The number of nitrogens with zero attached hydrogens (tertiary/aromatic N) is 1. The molecule has 0 amide bonds. The molecule has 220 valence electrons. The molecule has 0 spiro atoms. The zero-order chi connectivity index (χ0) is 29.1. The number of halogens is 18. The van der Waals surface area contributed by atoms with Gasteiger partial charge in [-0.25, -0.2) is 13.1 Å². The van der Waals surface area contributed by atoms with Crippen molar-refractivity contribution in [2.75, 3.05) is 34.2 Å². The molecule has 0 aromatic rings. The Bertz CT molecular complexity index is 880. The molecule has 0 aliphatic carbocycles. The van der Waals surface area contributed by atoms with Crippen molar-refractivity contribution < 1.29 is 112 Å². The molecule has 0 aromatic heterocycles. The highest BCUT2D eigenvalue weighted by molar-refractivity contribution is 7.90. The maximum Gasteiger partial charge on any atom is 0.460 e. The summed E-state index contributed by atoms with van der Waals surface area (Å²) in [6.45, 7) is -1.88. The summed E-state index contributed by atoms with van der Waals surface area (Å²) in [5.41, 5.74) is 0. The van der Waals surface area contributed by atoms with Crippen LogP contribution in [0, 0.1) is 0 Å². The largest absolute Gasteiger partial charge is 1.00 e. The zero-order valence-corrected chi connectivity index (χ0v) is 20.4. The van der Waals surface area contributed by atoms with Crippen LogP contribution in [-0.2, 0) is 10.0 Å². The Balaban J connectivity index is 0. The number of quaternary nitrogens is 1. The Morgan fingerprint density at radius 2 is 0.833 bits per heavy atom. The van der Waals surface area contributed by atoms with Crippen molar-refractivity contribution in [1.82, 2.24) is 4.72 Å². The Kier molecular flexibility index (Phi) is 10.3. The molecule has 0 bridgehead atoms. The average Bonchev–Trinajstić information content (AvgIpc) is 2.58. The number of nitrogens with one attached hydrogen (secondary N) is 1. The van der Waals surface area contributed by atoms with Crippen LogP contribution in [0.1, 0.15) is 0 Å². The van der Waals surface area contributed by atoms with E-state index in [0.29, 0.717) is 4.72 Å². The summed E-state index contributed by atoms with van der Waals surface area (Å²) in [4.78, 5) is 0. The van der Waals surface area contributed by atoms with Crippen LogP contribution in [0.25, 0.3) is 0 Å². The molecule has 0 rings (SSSR count). The lowest BCUT2D eigenvalue weighted by molar-refractivity contribution is -0.869. The first kappa shape index (κ1) is 37.6. The first-order valence-electron chi connectivity index (χ1n) is 8.22. The van der Waals surface area contributed by atoms with Crippen molar-refractivity contribution in [2.45, 2.75) is 47.0 Å². The Morgan fingerprint density at radius 1 is 0.556 bits per heavy atom. The third-order valence-electron chi connectivity index (χ3n) is 4.11. The third-order valence-corrected chi connectivity index (χ3v) is 5.62. The molecular weight excluding hydrogens is 698 g/mol. The lowest BCUT2D eigenvalue weighted by Gasteiger charge is -2.42. The number of hydrogen-bond acceptors (Lipinski definition) is 2. The van der Waals surface area contributed by atoms with Gasteiger partial charge in [-0.2, -0.15) is 74.6 Å². The van der Waals surface area contributed by atoms with Crippen LogP contribution in [-0.4, -0.2) is 94.1 Å². The van der Waals surface area contributed by atoms with Crippen molar-refractivity contribution >= 4 is 10.0 Å². The van der Waals surface area contributed by atoms with Gasteiger partial charge in [0.05, 0.1) is 34.2 Å². The predicted octanol–water partition coefficient (Wildman–Crippen LogP) is 1.58. The van der Waals surface area contributed by atoms with Gasteiger partial charge >= 0.3 is 47.0 Å². The van der Waals surface area contributed by atoms with E-state index in [-0.39, 0.29) is 28.5 Å². The fourth-order valence-corrected chi connectivity index (χ4v) is 2.93. The second-order valence-electron chi connectivity index (χ2n) is 7.87. The van der Waals surface area contributed by atoms with Crippen molar-refractivity contribution in [2.24, 2.45) is 0 Å². The molecule has 0 fully saturated rings. The molecule has 1 N–H and O–H groups in total. The van der Waals surface area contributed by atoms with Gasteiger partial charge in [0.25, 0.3) is 10.0 Å². The molecule has 0 saturated carbocycles. The molecule has 23 heteroatoms. The summed E-state index contributed by atoms with van der Waals surface area (Å²) < 4.78 is 246. The lowest BCUT2D eigenvalue weighted by Crippen LogP contribution is -3.00. The smallest absolute Gasteiger partial charge is 0.460 e. The Morgan fingerprint density at radius 3 is 1.11 bits per heavy atom. The molecule has 4 nitrogen and oxygen atoms in total. The summed E-state index contributed by atoms with van der Waals surface area (Å²) in [6.07, 6.45) is -7.86. The molecule has 0 aliphatic rings. The van der Waals surface area contributed by atoms with E-state index in [0.717, 1.165) is 0 Å². The fraction of sp³-hybridized carbons (Fsp3) is 1.00. The molecule has 0 unspecified atom stereocenters. The van der Waals surface area contributed by atoms with Gasteiger partial charge in [0, 0.05) is 0 Å². The summed E-state index contributed by atoms with van der Waals surface area (Å²) >= 11 is 0. The molecule has 0 saturated heterocycles. The van der Waals surface area contributed by atoms with Crippen LogP contribution < -0.4 is 28.7 Å². The van der Waals surface area contributed by atoms with E-state index in [1.807, 2.05) is 0 Å². The van der Waals surface area contributed by atoms with Crippen LogP contribution in [0.5, 0.6) is 0 Å². The van der Waals surface area contributed by atoms with Crippen molar-refractivity contribution in [3.63, 3.8) is 0 Å². The zero-order valence-electron chi connectivity index (χ0n) is 17.4. The lowest BCUT2D eigenvalue weighted by atomic mass is 9.91. The normalized spacial score (nSPS) is 16.1. The maximum absolute atomic E-state index is 13.8. The van der Waals surface area contributed by atoms with Gasteiger partial charge in [-0.15, -0.1) is 0 Å².